The van der Waals surface area contributed by atoms with Crippen LogP contribution < -0.4 is 5.32 Å². The van der Waals surface area contributed by atoms with Gasteiger partial charge in [0.05, 0.1) is 16.2 Å². The average Bonchev–Trinajstić information content (AvgIpc) is 2.50. The first kappa shape index (κ1) is 16.1. The lowest BCUT2D eigenvalue weighted by Gasteiger charge is -2.13. The van der Waals surface area contributed by atoms with Crippen molar-refractivity contribution in [2.24, 2.45) is 0 Å². The number of halogens is 2. The first-order chi connectivity index (χ1) is 10.5. The highest BCUT2D eigenvalue weighted by Gasteiger charge is 2.21. The van der Waals surface area contributed by atoms with Gasteiger partial charge in [0.25, 0.3) is 5.91 Å². The molecule has 0 spiro atoms. The maximum absolute atomic E-state index is 12.0. The number of ether oxygens (including phenoxy) is 1. The average molecular weight is 341 g/mol. The summed E-state index contributed by atoms with van der Waals surface area (Å²) >= 11 is 11.6. The number of carbonyl (C=O) groups excluding carboxylic acids is 2. The molecule has 114 valence electrons. The van der Waals surface area contributed by atoms with E-state index in [1.54, 1.807) is 0 Å². The van der Waals surface area contributed by atoms with Crippen molar-refractivity contribution in [2.45, 2.75) is 13.0 Å². The van der Waals surface area contributed by atoms with Crippen molar-refractivity contribution in [3.63, 3.8) is 0 Å². The Morgan fingerprint density at radius 2 is 2.00 bits per heavy atom. The number of nitrogens with zero attached hydrogens (tertiary/aromatic N) is 3. The summed E-state index contributed by atoms with van der Waals surface area (Å²) in [5.74, 6) is -1.22. The maximum Gasteiger partial charge on any atom is 0.359 e. The number of hydrogen-bond acceptors (Lipinski definition) is 6. The summed E-state index contributed by atoms with van der Waals surface area (Å²) in [5, 5.41) is 2.95. The third kappa shape index (κ3) is 4.12. The van der Waals surface area contributed by atoms with Crippen molar-refractivity contribution in [2.75, 3.05) is 5.32 Å². The fourth-order valence-electron chi connectivity index (χ4n) is 1.40. The Hall–Kier alpha value is -2.25. The van der Waals surface area contributed by atoms with Crippen LogP contribution in [0.15, 0.2) is 30.9 Å². The van der Waals surface area contributed by atoms with Crippen LogP contribution in [-0.2, 0) is 9.53 Å². The second-order valence-electron chi connectivity index (χ2n) is 4.11. The third-order valence-corrected chi connectivity index (χ3v) is 2.97. The van der Waals surface area contributed by atoms with Gasteiger partial charge >= 0.3 is 5.97 Å². The molecule has 0 fully saturated rings. The molecule has 0 aliphatic heterocycles. The van der Waals surface area contributed by atoms with Crippen molar-refractivity contribution in [1.82, 2.24) is 15.0 Å². The van der Waals surface area contributed by atoms with Crippen LogP contribution in [0.5, 0.6) is 0 Å². The molecule has 0 aliphatic carbocycles. The van der Waals surface area contributed by atoms with E-state index in [-0.39, 0.29) is 16.5 Å². The van der Waals surface area contributed by atoms with E-state index in [4.69, 9.17) is 27.9 Å². The van der Waals surface area contributed by atoms with E-state index in [2.05, 4.69) is 20.3 Å². The molecule has 1 N–H and O–H groups in total. The molecule has 0 aliphatic rings. The van der Waals surface area contributed by atoms with Crippen molar-refractivity contribution >= 4 is 40.9 Å². The van der Waals surface area contributed by atoms with E-state index in [1.807, 2.05) is 0 Å². The molecule has 2 aromatic heterocycles. The summed E-state index contributed by atoms with van der Waals surface area (Å²) in [6, 6.07) is 1.43. The zero-order chi connectivity index (χ0) is 16.1. The van der Waals surface area contributed by atoms with Crippen LogP contribution in [0.4, 0.5) is 5.82 Å². The van der Waals surface area contributed by atoms with E-state index in [1.165, 1.54) is 37.8 Å². The monoisotopic (exact) mass is 340 g/mol. The van der Waals surface area contributed by atoms with Crippen LogP contribution in [0.2, 0.25) is 10.0 Å². The first-order valence-electron chi connectivity index (χ1n) is 6.06. The summed E-state index contributed by atoms with van der Waals surface area (Å²) in [5.41, 5.74) is 0.00444. The zero-order valence-corrected chi connectivity index (χ0v) is 12.8. The molecule has 0 saturated carbocycles. The smallest absolute Gasteiger partial charge is 0.359 e. The van der Waals surface area contributed by atoms with Gasteiger partial charge < -0.3 is 10.1 Å². The van der Waals surface area contributed by atoms with Crippen LogP contribution in [0, 0.1) is 0 Å². The van der Waals surface area contributed by atoms with Crippen molar-refractivity contribution in [1.29, 1.82) is 0 Å². The van der Waals surface area contributed by atoms with Crippen LogP contribution >= 0.6 is 23.2 Å². The van der Waals surface area contributed by atoms with Crippen LogP contribution in [0.25, 0.3) is 0 Å². The Morgan fingerprint density at radius 1 is 1.23 bits per heavy atom. The van der Waals surface area contributed by atoms with Gasteiger partial charge in [-0.3, -0.25) is 9.78 Å². The molecular weight excluding hydrogens is 331 g/mol. The summed E-state index contributed by atoms with van der Waals surface area (Å²) in [6.07, 6.45) is 4.27. The van der Waals surface area contributed by atoms with Gasteiger partial charge in [-0.15, -0.1) is 0 Å². The summed E-state index contributed by atoms with van der Waals surface area (Å²) < 4.78 is 4.98. The quantitative estimate of drug-likeness (QED) is 0.858. The van der Waals surface area contributed by atoms with Gasteiger partial charge in [-0.25, -0.2) is 14.8 Å². The number of carbonyl (C=O) groups is 2. The van der Waals surface area contributed by atoms with Gasteiger partial charge in [0.1, 0.15) is 0 Å². The number of esters is 1. The highest BCUT2D eigenvalue weighted by atomic mass is 35.5. The molecule has 1 amide bonds. The van der Waals surface area contributed by atoms with E-state index in [9.17, 15) is 9.59 Å². The molecule has 0 unspecified atom stereocenters. The second kappa shape index (κ2) is 7.15. The Morgan fingerprint density at radius 3 is 2.64 bits per heavy atom. The highest BCUT2D eigenvalue weighted by molar-refractivity contribution is 6.36. The summed E-state index contributed by atoms with van der Waals surface area (Å²) in [6.45, 7) is 1.41. The topological polar surface area (TPSA) is 94.1 Å². The molecule has 1 atom stereocenters. The minimum Gasteiger partial charge on any atom is -0.448 e. The lowest BCUT2D eigenvalue weighted by atomic mass is 10.3. The molecular formula is C13H10Cl2N4O3. The van der Waals surface area contributed by atoms with Gasteiger partial charge in [0, 0.05) is 18.6 Å². The Kier molecular flexibility index (Phi) is 5.24. The Labute approximate surface area is 135 Å². The Balaban J connectivity index is 1.99. The lowest BCUT2D eigenvalue weighted by Crippen LogP contribution is -2.30. The third-order valence-electron chi connectivity index (χ3n) is 2.47. The SMILES string of the molecule is C[C@H](OC(=O)c1cnccn1)C(=O)Nc1ncc(Cl)cc1Cl. The number of pyridine rings is 1. The van der Waals surface area contributed by atoms with E-state index >= 15 is 0 Å². The molecule has 0 bridgehead atoms. The molecule has 0 aromatic carbocycles. The first-order valence-corrected chi connectivity index (χ1v) is 6.82. The van der Waals surface area contributed by atoms with E-state index in [0.717, 1.165) is 0 Å². The number of amides is 1. The Bertz CT molecular complexity index is 697. The van der Waals surface area contributed by atoms with Crippen molar-refractivity contribution in [3.8, 4) is 0 Å². The lowest BCUT2D eigenvalue weighted by molar-refractivity contribution is -0.123. The van der Waals surface area contributed by atoms with Crippen molar-refractivity contribution in [3.05, 3.63) is 46.6 Å². The summed E-state index contributed by atoms with van der Waals surface area (Å²) in [7, 11) is 0. The van der Waals surface area contributed by atoms with Gasteiger partial charge in [-0.2, -0.15) is 0 Å². The maximum atomic E-state index is 12.0. The van der Waals surface area contributed by atoms with Crippen LogP contribution in [-0.4, -0.2) is 32.9 Å². The van der Waals surface area contributed by atoms with Gasteiger partial charge in [0.15, 0.2) is 17.6 Å². The number of rotatable bonds is 4. The number of anilines is 1. The minimum atomic E-state index is -1.07. The zero-order valence-electron chi connectivity index (χ0n) is 11.3. The molecule has 2 aromatic rings. The highest BCUT2D eigenvalue weighted by Crippen LogP contribution is 2.22. The van der Waals surface area contributed by atoms with Gasteiger partial charge in [-0.1, -0.05) is 23.2 Å². The standard InChI is InChI=1S/C13H10Cl2N4O3/c1-7(22-13(21)10-6-16-2-3-17-10)12(20)19-11-9(15)4-8(14)5-18-11/h2-7H,1H3,(H,18,19,20)/t7-/m0/s1. The molecule has 7 nitrogen and oxygen atoms in total. The van der Waals surface area contributed by atoms with Gasteiger partial charge in [-0.05, 0) is 13.0 Å². The minimum absolute atomic E-state index is 0.00444. The second-order valence-corrected chi connectivity index (χ2v) is 4.96. The van der Waals surface area contributed by atoms with E-state index < -0.39 is 18.0 Å². The number of hydrogen-bond donors (Lipinski definition) is 1. The largest absolute Gasteiger partial charge is 0.448 e. The fourth-order valence-corrected chi connectivity index (χ4v) is 1.83. The predicted molar refractivity (Wildman–Crippen MR) is 79.8 cm³/mol. The van der Waals surface area contributed by atoms with Crippen molar-refractivity contribution < 1.29 is 14.3 Å². The molecule has 2 heterocycles. The van der Waals surface area contributed by atoms with Gasteiger partial charge in [0.2, 0.25) is 0 Å². The number of nitrogens with one attached hydrogen (secondary N) is 1. The van der Waals surface area contributed by atoms with E-state index in [0.29, 0.717) is 5.02 Å². The van der Waals surface area contributed by atoms with Crippen LogP contribution in [0.1, 0.15) is 17.4 Å². The molecule has 0 radical (unpaired) electrons. The molecule has 22 heavy (non-hydrogen) atoms. The normalized spacial score (nSPS) is 11.6. The predicted octanol–water partition coefficient (Wildman–Crippen LogP) is 2.36. The summed E-state index contributed by atoms with van der Waals surface area (Å²) in [4.78, 5) is 35.1. The molecule has 9 heteroatoms. The fraction of sp³-hybridized carbons (Fsp3) is 0.154. The number of aromatic nitrogens is 3. The molecule has 2 rings (SSSR count). The van der Waals surface area contributed by atoms with Crippen LogP contribution in [0.3, 0.4) is 0 Å². The molecule has 0 saturated heterocycles.